The minimum atomic E-state index is -0.956. The molecule has 0 bridgehead atoms. The van der Waals surface area contributed by atoms with Gasteiger partial charge in [-0.1, -0.05) is 27.2 Å². The molecule has 20 heavy (non-hydrogen) atoms. The van der Waals surface area contributed by atoms with Crippen LogP contribution in [0.3, 0.4) is 0 Å². The zero-order valence-electron chi connectivity index (χ0n) is 13.1. The first kappa shape index (κ1) is 17.0. The van der Waals surface area contributed by atoms with Crippen LogP contribution in [0.15, 0.2) is 0 Å². The second-order valence-electron chi connectivity index (χ2n) is 6.00. The van der Waals surface area contributed by atoms with Crippen molar-refractivity contribution in [1.29, 1.82) is 0 Å². The van der Waals surface area contributed by atoms with Gasteiger partial charge < -0.3 is 14.9 Å². The number of aliphatic hydroxyl groups excluding tert-OH is 1. The zero-order chi connectivity index (χ0) is 15.3. The van der Waals surface area contributed by atoms with Crippen LogP contribution < -0.4 is 0 Å². The van der Waals surface area contributed by atoms with Gasteiger partial charge in [0.25, 0.3) is 5.91 Å². The molecular formula is C15H28N2O3. The number of carbonyl (C=O) groups is 2. The van der Waals surface area contributed by atoms with Crippen LogP contribution in [-0.2, 0) is 9.59 Å². The van der Waals surface area contributed by atoms with Crippen LogP contribution in [0.1, 0.15) is 40.5 Å². The van der Waals surface area contributed by atoms with Gasteiger partial charge in [-0.15, -0.1) is 0 Å². The van der Waals surface area contributed by atoms with E-state index < -0.39 is 6.10 Å². The predicted molar refractivity (Wildman–Crippen MR) is 78.1 cm³/mol. The third-order valence-corrected chi connectivity index (χ3v) is 4.21. The SMILES string of the molecule is CCC(CC(=O)N1CCN(C(=O)C(C)O)CC1)C(C)C. The van der Waals surface area contributed by atoms with E-state index in [0.717, 1.165) is 6.42 Å². The molecule has 0 aromatic heterocycles. The molecule has 0 aliphatic carbocycles. The molecule has 0 saturated carbocycles. The summed E-state index contributed by atoms with van der Waals surface area (Å²) in [4.78, 5) is 27.4. The summed E-state index contributed by atoms with van der Waals surface area (Å²) in [5, 5.41) is 9.29. The van der Waals surface area contributed by atoms with Gasteiger partial charge in [0.1, 0.15) is 6.10 Å². The number of piperazine rings is 1. The average molecular weight is 284 g/mol. The number of aliphatic hydroxyl groups is 1. The highest BCUT2D eigenvalue weighted by atomic mass is 16.3. The van der Waals surface area contributed by atoms with E-state index in [1.807, 2.05) is 4.90 Å². The summed E-state index contributed by atoms with van der Waals surface area (Å²) in [7, 11) is 0. The lowest BCUT2D eigenvalue weighted by molar-refractivity contribution is -0.145. The van der Waals surface area contributed by atoms with Crippen LogP contribution in [0.4, 0.5) is 0 Å². The van der Waals surface area contributed by atoms with E-state index in [9.17, 15) is 14.7 Å². The Labute approximate surface area is 121 Å². The molecule has 1 fully saturated rings. The highest BCUT2D eigenvalue weighted by Crippen LogP contribution is 2.20. The third kappa shape index (κ3) is 4.47. The Kier molecular flexibility index (Phi) is 6.46. The second-order valence-corrected chi connectivity index (χ2v) is 6.00. The molecular weight excluding hydrogens is 256 g/mol. The van der Waals surface area contributed by atoms with Crippen molar-refractivity contribution in [1.82, 2.24) is 9.80 Å². The maximum absolute atomic E-state index is 12.3. The van der Waals surface area contributed by atoms with Crippen molar-refractivity contribution >= 4 is 11.8 Å². The Balaban J connectivity index is 2.45. The van der Waals surface area contributed by atoms with Crippen molar-refractivity contribution in [3.8, 4) is 0 Å². The highest BCUT2D eigenvalue weighted by Gasteiger charge is 2.27. The molecule has 1 aliphatic heterocycles. The van der Waals surface area contributed by atoms with Crippen molar-refractivity contribution in [3.63, 3.8) is 0 Å². The molecule has 0 aromatic rings. The zero-order valence-corrected chi connectivity index (χ0v) is 13.1. The smallest absolute Gasteiger partial charge is 0.251 e. The molecule has 116 valence electrons. The van der Waals surface area contributed by atoms with Crippen molar-refractivity contribution in [2.75, 3.05) is 26.2 Å². The number of rotatable bonds is 5. The van der Waals surface area contributed by atoms with Gasteiger partial charge in [-0.3, -0.25) is 9.59 Å². The maximum atomic E-state index is 12.3. The number of carbonyl (C=O) groups excluding carboxylic acids is 2. The molecule has 2 amide bonds. The molecule has 5 heteroatoms. The number of hydrogen-bond donors (Lipinski definition) is 1. The molecule has 0 spiro atoms. The summed E-state index contributed by atoms with van der Waals surface area (Å²) in [6.45, 7) is 10.1. The fraction of sp³-hybridized carbons (Fsp3) is 0.867. The molecule has 1 rings (SSSR count). The summed E-state index contributed by atoms with van der Waals surface area (Å²) in [6.07, 6.45) is 0.658. The van der Waals surface area contributed by atoms with Gasteiger partial charge in [-0.2, -0.15) is 0 Å². The Morgan fingerprint density at radius 2 is 1.55 bits per heavy atom. The van der Waals surface area contributed by atoms with E-state index in [0.29, 0.717) is 44.4 Å². The van der Waals surface area contributed by atoms with Crippen LogP contribution in [0.2, 0.25) is 0 Å². The van der Waals surface area contributed by atoms with Gasteiger partial charge in [-0.25, -0.2) is 0 Å². The first-order valence-electron chi connectivity index (χ1n) is 7.61. The van der Waals surface area contributed by atoms with E-state index in [1.54, 1.807) is 4.90 Å². The number of amides is 2. The van der Waals surface area contributed by atoms with Gasteiger partial charge in [0, 0.05) is 32.6 Å². The molecule has 0 aromatic carbocycles. The summed E-state index contributed by atoms with van der Waals surface area (Å²) in [5.41, 5.74) is 0. The topological polar surface area (TPSA) is 60.9 Å². The van der Waals surface area contributed by atoms with E-state index in [-0.39, 0.29) is 11.8 Å². The Morgan fingerprint density at radius 3 is 1.95 bits per heavy atom. The molecule has 0 radical (unpaired) electrons. The lowest BCUT2D eigenvalue weighted by atomic mass is 9.89. The van der Waals surface area contributed by atoms with Gasteiger partial charge in [0.2, 0.25) is 5.91 Å². The lowest BCUT2D eigenvalue weighted by Gasteiger charge is -2.36. The summed E-state index contributed by atoms with van der Waals surface area (Å²) in [6, 6.07) is 0. The predicted octanol–water partition coefficient (Wildman–Crippen LogP) is 1.11. The quantitative estimate of drug-likeness (QED) is 0.822. The van der Waals surface area contributed by atoms with Gasteiger partial charge in [-0.05, 0) is 18.8 Å². The maximum Gasteiger partial charge on any atom is 0.251 e. The summed E-state index contributed by atoms with van der Waals surface area (Å²) < 4.78 is 0. The first-order chi connectivity index (χ1) is 9.36. The monoisotopic (exact) mass is 284 g/mol. The standard InChI is InChI=1S/C15H28N2O3/c1-5-13(11(2)3)10-14(19)16-6-8-17(9-7-16)15(20)12(4)18/h11-13,18H,5-10H2,1-4H3. The summed E-state index contributed by atoms with van der Waals surface area (Å²) >= 11 is 0. The Morgan fingerprint density at radius 1 is 1.05 bits per heavy atom. The fourth-order valence-electron chi connectivity index (χ4n) is 2.65. The van der Waals surface area contributed by atoms with Crippen LogP contribution in [-0.4, -0.2) is 59.0 Å². The van der Waals surface area contributed by atoms with Crippen LogP contribution in [0.25, 0.3) is 0 Å². The molecule has 1 N–H and O–H groups in total. The van der Waals surface area contributed by atoms with E-state index in [1.165, 1.54) is 6.92 Å². The van der Waals surface area contributed by atoms with Crippen molar-refractivity contribution < 1.29 is 14.7 Å². The van der Waals surface area contributed by atoms with Crippen LogP contribution in [0.5, 0.6) is 0 Å². The summed E-state index contributed by atoms with van der Waals surface area (Å²) in [5.74, 6) is 0.891. The minimum absolute atomic E-state index is 0.190. The first-order valence-corrected chi connectivity index (χ1v) is 7.61. The van der Waals surface area contributed by atoms with Crippen molar-refractivity contribution in [2.45, 2.75) is 46.6 Å². The van der Waals surface area contributed by atoms with E-state index >= 15 is 0 Å². The normalized spacial score (nSPS) is 19.1. The largest absolute Gasteiger partial charge is 0.384 e. The van der Waals surface area contributed by atoms with E-state index in [4.69, 9.17) is 0 Å². The molecule has 1 saturated heterocycles. The van der Waals surface area contributed by atoms with Crippen LogP contribution in [0, 0.1) is 11.8 Å². The van der Waals surface area contributed by atoms with Crippen LogP contribution >= 0.6 is 0 Å². The van der Waals surface area contributed by atoms with Gasteiger partial charge in [0.05, 0.1) is 0 Å². The van der Waals surface area contributed by atoms with Crippen molar-refractivity contribution in [3.05, 3.63) is 0 Å². The average Bonchev–Trinajstić information content (AvgIpc) is 2.43. The third-order valence-electron chi connectivity index (χ3n) is 4.21. The molecule has 5 nitrogen and oxygen atoms in total. The second kappa shape index (κ2) is 7.62. The Bertz CT molecular complexity index is 334. The number of hydrogen-bond acceptors (Lipinski definition) is 3. The lowest BCUT2D eigenvalue weighted by Crippen LogP contribution is -2.52. The van der Waals surface area contributed by atoms with Gasteiger partial charge in [0.15, 0.2) is 0 Å². The number of nitrogens with zero attached hydrogens (tertiary/aromatic N) is 2. The van der Waals surface area contributed by atoms with Crippen molar-refractivity contribution in [2.24, 2.45) is 11.8 Å². The molecule has 1 aliphatic rings. The minimum Gasteiger partial charge on any atom is -0.384 e. The van der Waals surface area contributed by atoms with E-state index in [2.05, 4.69) is 20.8 Å². The highest BCUT2D eigenvalue weighted by molar-refractivity contribution is 5.81. The molecule has 2 atom stereocenters. The molecule has 2 unspecified atom stereocenters. The molecule has 1 heterocycles. The Hall–Kier alpha value is -1.10. The van der Waals surface area contributed by atoms with Gasteiger partial charge >= 0.3 is 0 Å². The fourth-order valence-corrected chi connectivity index (χ4v) is 2.65.